The minimum absolute atomic E-state index is 1.29. The molecule has 4 atom stereocenters. The second-order valence-corrected chi connectivity index (χ2v) is 2.47. The maximum atomic E-state index is 10.4. The Morgan fingerprint density at radius 1 is 1.54 bits per heavy atom. The van der Waals surface area contributed by atoms with Gasteiger partial charge in [-0.15, -0.1) is 0 Å². The van der Waals surface area contributed by atoms with Crippen LogP contribution in [-0.2, 0) is 9.53 Å². The third-order valence-corrected chi connectivity index (χ3v) is 1.67. The summed E-state index contributed by atoms with van der Waals surface area (Å²) in [6.45, 7) is 0. The van der Waals surface area contributed by atoms with Crippen molar-refractivity contribution in [3.8, 4) is 0 Å². The standard InChI is InChI=1S/C5H7N3O5/c6-8-7-1-2(9)5(12)13-3(1)4(10)11/h1-3,5,9,12H,(H,10,11)/t1-,2+,3-,5?/m0/s1. The number of rotatable bonds is 2. The maximum Gasteiger partial charge on any atom is 0.333 e. The number of ether oxygens (including phenoxy) is 1. The molecule has 1 saturated heterocycles. The van der Waals surface area contributed by atoms with Gasteiger partial charge in [-0.25, -0.2) is 4.79 Å². The van der Waals surface area contributed by atoms with Crippen molar-refractivity contribution in [1.82, 2.24) is 0 Å². The van der Waals surface area contributed by atoms with E-state index in [1.54, 1.807) is 0 Å². The van der Waals surface area contributed by atoms with Crippen LogP contribution in [0.5, 0.6) is 0 Å². The summed E-state index contributed by atoms with van der Waals surface area (Å²) in [7, 11) is 0. The number of hydrogen-bond donors (Lipinski definition) is 3. The van der Waals surface area contributed by atoms with Crippen molar-refractivity contribution in [3.63, 3.8) is 0 Å². The van der Waals surface area contributed by atoms with E-state index in [1.165, 1.54) is 0 Å². The molecule has 72 valence electrons. The molecule has 1 rings (SSSR count). The molecule has 1 unspecified atom stereocenters. The van der Waals surface area contributed by atoms with Crippen molar-refractivity contribution in [2.75, 3.05) is 0 Å². The van der Waals surface area contributed by atoms with Gasteiger partial charge in [-0.1, -0.05) is 5.11 Å². The second-order valence-electron chi connectivity index (χ2n) is 2.47. The zero-order chi connectivity index (χ0) is 10.0. The van der Waals surface area contributed by atoms with Crippen LogP contribution in [-0.4, -0.2) is 45.8 Å². The number of aliphatic hydroxyl groups excluding tert-OH is 2. The molecule has 0 aromatic heterocycles. The molecule has 13 heavy (non-hydrogen) atoms. The first-order valence-corrected chi connectivity index (χ1v) is 3.36. The van der Waals surface area contributed by atoms with Crippen LogP contribution >= 0.6 is 0 Å². The van der Waals surface area contributed by atoms with Crippen LogP contribution in [0.25, 0.3) is 10.4 Å². The highest BCUT2D eigenvalue weighted by Gasteiger charge is 2.46. The largest absolute Gasteiger partial charge is 0.479 e. The molecule has 0 amide bonds. The van der Waals surface area contributed by atoms with Crippen LogP contribution in [0.3, 0.4) is 0 Å². The first-order chi connectivity index (χ1) is 6.07. The summed E-state index contributed by atoms with van der Waals surface area (Å²) in [5, 5.41) is 29.5. The summed E-state index contributed by atoms with van der Waals surface area (Å²) in [4.78, 5) is 12.8. The lowest BCUT2D eigenvalue weighted by Crippen LogP contribution is -2.34. The SMILES string of the molecule is [N-]=[N+]=N[C@@H]1[C@@H](C(=O)O)OC(O)[C@@H]1O. The maximum absolute atomic E-state index is 10.4. The molecule has 8 heteroatoms. The van der Waals surface area contributed by atoms with Crippen molar-refractivity contribution in [2.45, 2.75) is 24.5 Å². The third-order valence-electron chi connectivity index (χ3n) is 1.67. The van der Waals surface area contributed by atoms with Crippen LogP contribution < -0.4 is 0 Å². The van der Waals surface area contributed by atoms with Gasteiger partial charge in [-0.2, -0.15) is 0 Å². The van der Waals surface area contributed by atoms with Crippen molar-refractivity contribution < 1.29 is 24.9 Å². The Morgan fingerprint density at radius 3 is 2.62 bits per heavy atom. The predicted octanol–water partition coefficient (Wildman–Crippen LogP) is -1.17. The van der Waals surface area contributed by atoms with Crippen LogP contribution in [0.2, 0.25) is 0 Å². The molecular formula is C5H7N3O5. The van der Waals surface area contributed by atoms with E-state index in [-0.39, 0.29) is 0 Å². The summed E-state index contributed by atoms with van der Waals surface area (Å²) in [6.07, 6.45) is -4.63. The van der Waals surface area contributed by atoms with Crippen LogP contribution in [0, 0.1) is 0 Å². The van der Waals surface area contributed by atoms with Gasteiger partial charge in [0, 0.05) is 4.91 Å². The minimum Gasteiger partial charge on any atom is -0.479 e. The van der Waals surface area contributed by atoms with E-state index in [2.05, 4.69) is 14.8 Å². The number of hydrogen-bond acceptors (Lipinski definition) is 5. The highest BCUT2D eigenvalue weighted by atomic mass is 16.6. The molecule has 1 fully saturated rings. The molecule has 0 bridgehead atoms. The lowest BCUT2D eigenvalue weighted by Gasteiger charge is -2.09. The summed E-state index contributed by atoms with van der Waals surface area (Å²) in [6, 6.07) is -1.29. The van der Waals surface area contributed by atoms with Gasteiger partial charge in [0.2, 0.25) is 0 Å². The molecule has 8 nitrogen and oxygen atoms in total. The molecule has 0 aromatic carbocycles. The number of carboxylic acids is 1. The fourth-order valence-electron chi connectivity index (χ4n) is 1.05. The Morgan fingerprint density at radius 2 is 2.15 bits per heavy atom. The smallest absolute Gasteiger partial charge is 0.333 e. The Balaban J connectivity index is 2.86. The molecule has 0 saturated carbocycles. The van der Waals surface area contributed by atoms with Crippen LogP contribution in [0.4, 0.5) is 0 Å². The van der Waals surface area contributed by atoms with Gasteiger partial charge in [-0.05, 0) is 5.53 Å². The number of nitrogens with zero attached hydrogens (tertiary/aromatic N) is 3. The van der Waals surface area contributed by atoms with E-state index in [0.717, 1.165) is 0 Å². The second kappa shape index (κ2) is 3.58. The van der Waals surface area contributed by atoms with E-state index in [1.807, 2.05) is 0 Å². The fourth-order valence-corrected chi connectivity index (χ4v) is 1.05. The van der Waals surface area contributed by atoms with E-state index in [0.29, 0.717) is 0 Å². The Bertz CT molecular complexity index is 263. The summed E-state index contributed by atoms with van der Waals surface area (Å²) in [5.74, 6) is -1.40. The molecule has 1 heterocycles. The average molecular weight is 189 g/mol. The third kappa shape index (κ3) is 1.70. The van der Waals surface area contributed by atoms with Crippen molar-refractivity contribution in [2.24, 2.45) is 5.11 Å². The van der Waals surface area contributed by atoms with Crippen molar-refractivity contribution >= 4 is 5.97 Å². The number of aliphatic carboxylic acids is 1. The highest BCUT2D eigenvalue weighted by molar-refractivity contribution is 5.74. The molecule has 0 radical (unpaired) electrons. The minimum atomic E-state index is -1.63. The fraction of sp³-hybridized carbons (Fsp3) is 0.800. The molecule has 0 spiro atoms. The molecular weight excluding hydrogens is 182 g/mol. The summed E-state index contributed by atoms with van der Waals surface area (Å²) in [5.41, 5.74) is 8.05. The highest BCUT2D eigenvalue weighted by Crippen LogP contribution is 2.22. The van der Waals surface area contributed by atoms with Crippen molar-refractivity contribution in [3.05, 3.63) is 10.4 Å². The van der Waals surface area contributed by atoms with E-state index in [4.69, 9.17) is 20.9 Å². The number of carbonyl (C=O) groups is 1. The first-order valence-electron chi connectivity index (χ1n) is 3.36. The number of azide groups is 1. The zero-order valence-electron chi connectivity index (χ0n) is 6.31. The monoisotopic (exact) mass is 189 g/mol. The molecule has 0 aromatic rings. The average Bonchev–Trinajstić information content (AvgIpc) is 2.33. The Labute approximate surface area is 72.0 Å². The van der Waals surface area contributed by atoms with Gasteiger partial charge in [0.25, 0.3) is 0 Å². The van der Waals surface area contributed by atoms with Gasteiger partial charge >= 0.3 is 5.97 Å². The van der Waals surface area contributed by atoms with E-state index >= 15 is 0 Å². The predicted molar refractivity (Wildman–Crippen MR) is 37.5 cm³/mol. The van der Waals surface area contributed by atoms with E-state index < -0.39 is 30.5 Å². The van der Waals surface area contributed by atoms with Gasteiger partial charge in [0.15, 0.2) is 12.4 Å². The molecule has 1 aliphatic rings. The Hall–Kier alpha value is -1.34. The van der Waals surface area contributed by atoms with Gasteiger partial charge in [0.05, 0.1) is 0 Å². The topological polar surface area (TPSA) is 136 Å². The molecule has 0 aliphatic carbocycles. The van der Waals surface area contributed by atoms with Gasteiger partial charge < -0.3 is 20.1 Å². The summed E-state index contributed by atoms with van der Waals surface area (Å²) >= 11 is 0. The molecule has 3 N–H and O–H groups in total. The van der Waals surface area contributed by atoms with Crippen LogP contribution in [0.15, 0.2) is 5.11 Å². The Kier molecular flexibility index (Phi) is 2.69. The van der Waals surface area contributed by atoms with Crippen molar-refractivity contribution in [1.29, 1.82) is 0 Å². The molecule has 1 aliphatic heterocycles. The lowest BCUT2D eigenvalue weighted by atomic mass is 10.1. The quantitative estimate of drug-likeness (QED) is 0.285. The number of aliphatic hydroxyl groups is 2. The van der Waals surface area contributed by atoms with Gasteiger partial charge in [-0.3, -0.25) is 0 Å². The summed E-state index contributed by atoms with van der Waals surface area (Å²) < 4.78 is 4.44. The first kappa shape index (κ1) is 9.75. The lowest BCUT2D eigenvalue weighted by molar-refractivity contribution is -0.164. The van der Waals surface area contributed by atoms with Gasteiger partial charge in [0.1, 0.15) is 12.1 Å². The normalized spacial score (nSPS) is 38.3. The zero-order valence-corrected chi connectivity index (χ0v) is 6.31. The van der Waals surface area contributed by atoms with Crippen LogP contribution in [0.1, 0.15) is 0 Å². The van der Waals surface area contributed by atoms with E-state index in [9.17, 15) is 4.79 Å². The number of carboxylic acid groups (broad SMARTS) is 1.